The second kappa shape index (κ2) is 9.70. The number of hydrogen-bond donors (Lipinski definition) is 1. The number of pyridine rings is 1. The largest absolute Gasteiger partial charge is 0.489 e. The van der Waals surface area contributed by atoms with Crippen LogP contribution in [0, 0.1) is 4.77 Å². The fourth-order valence-corrected chi connectivity index (χ4v) is 4.54. The van der Waals surface area contributed by atoms with E-state index >= 15 is 0 Å². The Kier molecular flexibility index (Phi) is 6.35. The fourth-order valence-electron chi connectivity index (χ4n) is 4.25. The third-order valence-corrected chi connectivity index (χ3v) is 6.53. The second-order valence-electron chi connectivity index (χ2n) is 8.64. The van der Waals surface area contributed by atoms with Gasteiger partial charge in [-0.15, -0.1) is 0 Å². The van der Waals surface area contributed by atoms with Crippen molar-refractivity contribution in [2.75, 3.05) is 13.1 Å². The highest BCUT2D eigenvalue weighted by Gasteiger charge is 2.32. The summed E-state index contributed by atoms with van der Waals surface area (Å²) in [5.41, 5.74) is 1.99. The van der Waals surface area contributed by atoms with E-state index in [1.807, 2.05) is 47.4 Å². The second-order valence-corrected chi connectivity index (χ2v) is 9.03. The van der Waals surface area contributed by atoms with Crippen molar-refractivity contribution in [1.29, 1.82) is 0 Å². The Morgan fingerprint density at radius 2 is 1.94 bits per heavy atom. The third-order valence-electron chi connectivity index (χ3n) is 6.24. The van der Waals surface area contributed by atoms with Crippen molar-refractivity contribution in [3.05, 3.63) is 76.6 Å². The fraction of sp³-hybridized carbons (Fsp3) is 0.360. The number of carbonyl (C=O) groups excluding carboxylic acids is 1. The zero-order chi connectivity index (χ0) is 22.6. The Morgan fingerprint density at radius 1 is 1.15 bits per heavy atom. The molecule has 1 saturated heterocycles. The van der Waals surface area contributed by atoms with Crippen molar-refractivity contribution in [1.82, 2.24) is 24.6 Å². The van der Waals surface area contributed by atoms with E-state index in [9.17, 15) is 4.79 Å². The first-order valence-electron chi connectivity index (χ1n) is 11.4. The quantitative estimate of drug-likeness (QED) is 0.409. The summed E-state index contributed by atoms with van der Waals surface area (Å²) in [6.07, 6.45) is 11.2. The molecule has 0 radical (unpaired) electrons. The Morgan fingerprint density at radius 3 is 2.64 bits per heavy atom. The monoisotopic (exact) mass is 461 g/mol. The summed E-state index contributed by atoms with van der Waals surface area (Å²) >= 11 is 5.41. The maximum Gasteiger partial charge on any atom is 0.246 e. The van der Waals surface area contributed by atoms with Crippen molar-refractivity contribution in [3.63, 3.8) is 0 Å². The zero-order valence-corrected chi connectivity index (χ0v) is 19.2. The van der Waals surface area contributed by atoms with Crippen LogP contribution in [0.1, 0.15) is 54.6 Å². The van der Waals surface area contributed by atoms with Crippen LogP contribution < -0.4 is 4.74 Å². The summed E-state index contributed by atoms with van der Waals surface area (Å²) in [5.74, 6) is 2.25. The summed E-state index contributed by atoms with van der Waals surface area (Å²) in [6, 6.07) is 12.1. The first kappa shape index (κ1) is 21.6. The van der Waals surface area contributed by atoms with Gasteiger partial charge in [0.05, 0.1) is 0 Å². The summed E-state index contributed by atoms with van der Waals surface area (Å²) < 4.78 is 8.71. The first-order chi connectivity index (χ1) is 16.2. The van der Waals surface area contributed by atoms with Gasteiger partial charge >= 0.3 is 0 Å². The molecule has 170 valence electrons. The maximum absolute atomic E-state index is 12.7. The minimum Gasteiger partial charge on any atom is -0.489 e. The van der Waals surface area contributed by atoms with E-state index in [1.165, 1.54) is 12.8 Å². The standard InChI is InChI=1S/C25H27N5O2S/c31-23(10-5-18-3-8-22(9-4-18)32-17-19-2-1-13-26-16-19)29-14-11-20(12-15-29)24-27-28-25(33)30(24)21-6-7-21/h1-5,8-10,13,16,20-21H,6-7,11-12,14-15,17H2,(H,28,33). The molecule has 5 rings (SSSR count). The molecule has 1 N–H and O–H groups in total. The molecular weight excluding hydrogens is 434 g/mol. The van der Waals surface area contributed by atoms with Gasteiger partial charge in [0.2, 0.25) is 5.91 Å². The highest BCUT2D eigenvalue weighted by molar-refractivity contribution is 7.71. The molecule has 3 aromatic rings. The molecule has 0 bridgehead atoms. The number of piperidine rings is 1. The number of nitrogens with one attached hydrogen (secondary N) is 1. The van der Waals surface area contributed by atoms with Gasteiger partial charge in [-0.2, -0.15) is 5.10 Å². The molecular formula is C25H27N5O2S. The molecule has 0 unspecified atom stereocenters. The van der Waals surface area contributed by atoms with Crippen LogP contribution in [0.2, 0.25) is 0 Å². The molecule has 1 aromatic carbocycles. The number of hydrogen-bond acceptors (Lipinski definition) is 5. The maximum atomic E-state index is 12.7. The highest BCUT2D eigenvalue weighted by atomic mass is 32.1. The Bertz CT molecular complexity index is 1170. The van der Waals surface area contributed by atoms with Crippen LogP contribution in [0.15, 0.2) is 54.9 Å². The van der Waals surface area contributed by atoms with Crippen molar-refractivity contribution in [2.24, 2.45) is 0 Å². The predicted octanol–water partition coefficient (Wildman–Crippen LogP) is 4.67. The minimum atomic E-state index is 0.0476. The molecule has 7 nitrogen and oxygen atoms in total. The van der Waals surface area contributed by atoms with E-state index in [0.717, 1.165) is 53.4 Å². The van der Waals surface area contributed by atoms with Gasteiger partial charge in [-0.05, 0) is 67.7 Å². The molecule has 1 saturated carbocycles. The average molecular weight is 462 g/mol. The van der Waals surface area contributed by atoms with Crippen molar-refractivity contribution in [2.45, 2.75) is 44.2 Å². The van der Waals surface area contributed by atoms with Gasteiger partial charge in [0.1, 0.15) is 18.2 Å². The number of rotatable bonds is 7. The number of ether oxygens (including phenoxy) is 1. The van der Waals surface area contributed by atoms with Crippen LogP contribution in [0.5, 0.6) is 5.75 Å². The summed E-state index contributed by atoms with van der Waals surface area (Å²) in [5, 5.41) is 7.46. The van der Waals surface area contributed by atoms with Gasteiger partial charge in [0, 0.05) is 49.1 Å². The van der Waals surface area contributed by atoms with Crippen LogP contribution in [-0.4, -0.2) is 43.6 Å². The molecule has 2 aliphatic rings. The number of aromatic amines is 1. The van der Waals surface area contributed by atoms with Crippen molar-refractivity contribution >= 4 is 24.2 Å². The highest BCUT2D eigenvalue weighted by Crippen LogP contribution is 2.39. The third kappa shape index (κ3) is 5.22. The lowest BCUT2D eigenvalue weighted by atomic mass is 9.95. The number of carbonyl (C=O) groups is 1. The van der Waals surface area contributed by atoms with E-state index in [-0.39, 0.29) is 5.91 Å². The summed E-state index contributed by atoms with van der Waals surface area (Å²) in [4.78, 5) is 18.7. The number of nitrogens with zero attached hydrogens (tertiary/aromatic N) is 4. The first-order valence-corrected chi connectivity index (χ1v) is 11.8. The number of likely N-dealkylation sites (tertiary alicyclic amines) is 1. The number of H-pyrrole nitrogens is 1. The lowest BCUT2D eigenvalue weighted by molar-refractivity contribution is -0.127. The van der Waals surface area contributed by atoms with Crippen LogP contribution in [0.4, 0.5) is 0 Å². The molecule has 1 amide bonds. The molecule has 2 aromatic heterocycles. The smallest absolute Gasteiger partial charge is 0.246 e. The molecule has 8 heteroatoms. The van der Waals surface area contributed by atoms with Gasteiger partial charge in [-0.3, -0.25) is 14.9 Å². The van der Waals surface area contributed by atoms with Crippen LogP contribution in [0.25, 0.3) is 6.08 Å². The number of aromatic nitrogens is 4. The van der Waals surface area contributed by atoms with E-state index < -0.39 is 0 Å². The Balaban J connectivity index is 1.12. The lowest BCUT2D eigenvalue weighted by Crippen LogP contribution is -2.37. The molecule has 0 atom stereocenters. The SMILES string of the molecule is O=C(C=Cc1ccc(OCc2cccnc2)cc1)N1CCC(c2n[nH]c(=S)n2C2CC2)CC1. The molecule has 2 fully saturated rings. The molecule has 33 heavy (non-hydrogen) atoms. The van der Waals surface area contributed by atoms with Crippen LogP contribution in [-0.2, 0) is 11.4 Å². The normalized spacial score (nSPS) is 16.9. The van der Waals surface area contributed by atoms with E-state index in [2.05, 4.69) is 19.7 Å². The molecule has 0 spiro atoms. The van der Waals surface area contributed by atoms with Crippen molar-refractivity contribution in [3.8, 4) is 5.75 Å². The molecule has 3 heterocycles. The summed E-state index contributed by atoms with van der Waals surface area (Å²) in [6.45, 7) is 1.95. The average Bonchev–Trinajstić information content (AvgIpc) is 3.63. The van der Waals surface area contributed by atoms with Gasteiger partial charge in [-0.25, -0.2) is 0 Å². The molecule has 1 aliphatic carbocycles. The number of benzene rings is 1. The Hall–Kier alpha value is -3.26. The minimum absolute atomic E-state index is 0.0476. The zero-order valence-electron chi connectivity index (χ0n) is 18.4. The van der Waals surface area contributed by atoms with E-state index in [0.29, 0.717) is 18.6 Å². The molecule has 1 aliphatic heterocycles. The van der Waals surface area contributed by atoms with E-state index in [4.69, 9.17) is 17.0 Å². The Labute approximate surface area is 198 Å². The number of amides is 1. The van der Waals surface area contributed by atoms with Gasteiger partial charge < -0.3 is 14.2 Å². The predicted molar refractivity (Wildman–Crippen MR) is 128 cm³/mol. The van der Waals surface area contributed by atoms with E-state index in [1.54, 1.807) is 18.5 Å². The summed E-state index contributed by atoms with van der Waals surface area (Å²) in [7, 11) is 0. The van der Waals surface area contributed by atoms with Crippen LogP contribution >= 0.6 is 12.2 Å². The van der Waals surface area contributed by atoms with Gasteiger partial charge in [0.25, 0.3) is 0 Å². The lowest BCUT2D eigenvalue weighted by Gasteiger charge is -2.31. The van der Waals surface area contributed by atoms with Gasteiger partial charge in [-0.1, -0.05) is 18.2 Å². The van der Waals surface area contributed by atoms with Gasteiger partial charge in [0.15, 0.2) is 4.77 Å². The topological polar surface area (TPSA) is 76.0 Å². The van der Waals surface area contributed by atoms with Crippen LogP contribution in [0.3, 0.4) is 0 Å². The van der Waals surface area contributed by atoms with Crippen molar-refractivity contribution < 1.29 is 9.53 Å².